The van der Waals surface area contributed by atoms with Crippen LogP contribution < -0.4 is 10.1 Å². The molecule has 0 aliphatic heterocycles. The zero-order valence-corrected chi connectivity index (χ0v) is 20.8. The molecule has 0 aromatic heterocycles. The zero-order chi connectivity index (χ0) is 24.8. The van der Waals surface area contributed by atoms with Crippen LogP contribution >= 0.6 is 11.6 Å². The number of carboxylic acids is 1. The number of aliphatic hydroxyl groups excluding tert-OH is 1. The quantitative estimate of drug-likeness (QED) is 0.303. The molecule has 34 heavy (non-hydrogen) atoms. The molecular formula is C28H32ClNO4. The van der Waals surface area contributed by atoms with Crippen LogP contribution in [0, 0.1) is 13.8 Å². The van der Waals surface area contributed by atoms with Gasteiger partial charge in [0.2, 0.25) is 0 Å². The lowest BCUT2D eigenvalue weighted by atomic mass is 9.91. The van der Waals surface area contributed by atoms with E-state index in [2.05, 4.69) is 17.4 Å². The van der Waals surface area contributed by atoms with Crippen LogP contribution in [-0.2, 0) is 0 Å². The van der Waals surface area contributed by atoms with Crippen LogP contribution in [0.15, 0.2) is 54.6 Å². The number of carboxylic acid groups (broad SMARTS) is 1. The van der Waals surface area contributed by atoms with E-state index in [9.17, 15) is 15.0 Å². The Kier molecular flexibility index (Phi) is 8.72. The molecule has 0 unspecified atom stereocenters. The third-order valence-corrected chi connectivity index (χ3v) is 6.03. The summed E-state index contributed by atoms with van der Waals surface area (Å²) < 4.78 is 6.03. The second kappa shape index (κ2) is 11.5. The predicted octanol–water partition coefficient (Wildman–Crippen LogP) is 6.15. The van der Waals surface area contributed by atoms with Crippen molar-refractivity contribution < 1.29 is 19.7 Å². The highest BCUT2D eigenvalue weighted by atomic mass is 35.5. The number of halogens is 1. The molecule has 0 heterocycles. The van der Waals surface area contributed by atoms with E-state index >= 15 is 0 Å². The summed E-state index contributed by atoms with van der Waals surface area (Å²) in [5.74, 6) is 0.0491. The lowest BCUT2D eigenvalue weighted by molar-refractivity contribution is 0.0695. The molecular weight excluding hydrogens is 450 g/mol. The fourth-order valence-electron chi connectivity index (χ4n) is 4.06. The topological polar surface area (TPSA) is 78.8 Å². The Morgan fingerprint density at radius 1 is 1.03 bits per heavy atom. The number of ether oxygens (including phenoxy) is 1. The van der Waals surface area contributed by atoms with Gasteiger partial charge in [-0.15, -0.1) is 0 Å². The maximum absolute atomic E-state index is 11.6. The number of aliphatic hydroxyl groups is 1. The van der Waals surface area contributed by atoms with Crippen LogP contribution in [0.5, 0.6) is 5.75 Å². The molecule has 0 saturated heterocycles. The van der Waals surface area contributed by atoms with E-state index in [1.807, 2.05) is 52.0 Å². The molecule has 1 atom stereocenters. The average molecular weight is 482 g/mol. The smallest absolute Gasteiger partial charge is 0.335 e. The van der Waals surface area contributed by atoms with Gasteiger partial charge in [0, 0.05) is 18.1 Å². The molecule has 0 aliphatic carbocycles. The number of carbonyl (C=O) groups is 1. The van der Waals surface area contributed by atoms with Gasteiger partial charge in [-0.2, -0.15) is 0 Å². The summed E-state index contributed by atoms with van der Waals surface area (Å²) >= 11 is 5.99. The van der Waals surface area contributed by atoms with Gasteiger partial charge >= 0.3 is 5.97 Å². The molecule has 6 heteroatoms. The maximum Gasteiger partial charge on any atom is 0.335 e. The van der Waals surface area contributed by atoms with Crippen molar-refractivity contribution in [2.75, 3.05) is 19.7 Å². The van der Waals surface area contributed by atoms with Crippen LogP contribution in [-0.4, -0.2) is 35.9 Å². The van der Waals surface area contributed by atoms with Crippen molar-refractivity contribution >= 4 is 17.6 Å². The second-order valence-electron chi connectivity index (χ2n) is 8.82. The van der Waals surface area contributed by atoms with Crippen molar-refractivity contribution in [3.63, 3.8) is 0 Å². The highest BCUT2D eigenvalue weighted by Gasteiger charge is 2.15. The Morgan fingerprint density at radius 2 is 1.74 bits per heavy atom. The summed E-state index contributed by atoms with van der Waals surface area (Å²) in [5, 5.41) is 23.6. The van der Waals surface area contributed by atoms with Crippen LogP contribution in [0.1, 0.15) is 58.5 Å². The fourth-order valence-corrected chi connectivity index (χ4v) is 4.25. The predicted molar refractivity (Wildman–Crippen MR) is 137 cm³/mol. The van der Waals surface area contributed by atoms with Gasteiger partial charge in [0.05, 0.1) is 11.7 Å². The van der Waals surface area contributed by atoms with Crippen molar-refractivity contribution in [1.82, 2.24) is 5.32 Å². The lowest BCUT2D eigenvalue weighted by Crippen LogP contribution is -2.26. The largest absolute Gasteiger partial charge is 0.492 e. The van der Waals surface area contributed by atoms with Crippen LogP contribution in [0.3, 0.4) is 0 Å². The first kappa shape index (κ1) is 25.8. The summed E-state index contributed by atoms with van der Waals surface area (Å²) in [6, 6.07) is 16.9. The molecule has 3 N–H and O–H groups in total. The molecule has 3 aromatic carbocycles. The molecule has 0 spiro atoms. The Hall–Kier alpha value is -2.86. The number of hydrogen-bond donors (Lipinski definition) is 3. The highest BCUT2D eigenvalue weighted by molar-refractivity contribution is 6.30. The van der Waals surface area contributed by atoms with Gasteiger partial charge in [0.25, 0.3) is 0 Å². The summed E-state index contributed by atoms with van der Waals surface area (Å²) in [6.07, 6.45) is -0.635. The van der Waals surface area contributed by atoms with Gasteiger partial charge < -0.3 is 20.3 Å². The number of benzene rings is 3. The SMILES string of the molecule is Cc1cc(-c2ccc(C(=O)O)c(C(C)C)c2)cc(C)c1OCCNC[C@@H](O)c1cccc(Cl)c1. The Labute approximate surface area is 206 Å². The summed E-state index contributed by atoms with van der Waals surface area (Å²) in [5.41, 5.74) is 6.00. The van der Waals surface area contributed by atoms with E-state index in [4.69, 9.17) is 16.3 Å². The first-order valence-electron chi connectivity index (χ1n) is 11.4. The van der Waals surface area contributed by atoms with Crippen molar-refractivity contribution in [3.05, 3.63) is 87.4 Å². The van der Waals surface area contributed by atoms with Gasteiger partial charge in [-0.3, -0.25) is 0 Å². The van der Waals surface area contributed by atoms with Crippen LogP contribution in [0.2, 0.25) is 5.02 Å². The molecule has 0 amide bonds. The third-order valence-electron chi connectivity index (χ3n) is 5.79. The van der Waals surface area contributed by atoms with E-state index in [1.165, 1.54) is 0 Å². The van der Waals surface area contributed by atoms with Gasteiger partial charge in [-0.05, 0) is 83.5 Å². The van der Waals surface area contributed by atoms with E-state index in [1.54, 1.807) is 18.2 Å². The molecule has 0 aliphatic rings. The summed E-state index contributed by atoms with van der Waals surface area (Å²) in [4.78, 5) is 11.6. The standard InChI is InChI=1S/C28H32ClNO4/c1-17(2)25-15-20(8-9-24(25)28(32)33)22-12-18(3)27(19(4)13-22)34-11-10-30-16-26(31)21-6-5-7-23(29)14-21/h5-9,12-15,17,26,30-31H,10-11,16H2,1-4H3,(H,32,33)/t26-/m1/s1. The van der Waals surface area contributed by atoms with Crippen molar-refractivity contribution in [1.29, 1.82) is 0 Å². The Balaban J connectivity index is 1.62. The third kappa shape index (κ3) is 6.38. The van der Waals surface area contributed by atoms with Gasteiger partial charge in [-0.1, -0.05) is 49.7 Å². The first-order chi connectivity index (χ1) is 16.2. The van der Waals surface area contributed by atoms with E-state index in [0.29, 0.717) is 30.3 Å². The molecule has 180 valence electrons. The fraction of sp³-hybridized carbons (Fsp3) is 0.321. The Bertz CT molecular complexity index is 1140. The number of aryl methyl sites for hydroxylation is 2. The average Bonchev–Trinajstić information content (AvgIpc) is 2.79. The molecule has 5 nitrogen and oxygen atoms in total. The number of rotatable bonds is 10. The molecule has 0 saturated carbocycles. The lowest BCUT2D eigenvalue weighted by Gasteiger charge is -2.17. The van der Waals surface area contributed by atoms with E-state index in [-0.39, 0.29) is 5.92 Å². The van der Waals surface area contributed by atoms with Crippen LogP contribution in [0.25, 0.3) is 11.1 Å². The summed E-state index contributed by atoms with van der Waals surface area (Å²) in [6.45, 7) is 9.49. The maximum atomic E-state index is 11.6. The normalized spacial score (nSPS) is 12.1. The molecule has 3 rings (SSSR count). The minimum absolute atomic E-state index is 0.112. The van der Waals surface area contributed by atoms with Crippen molar-refractivity contribution in [2.24, 2.45) is 0 Å². The minimum atomic E-state index is -0.903. The van der Waals surface area contributed by atoms with E-state index < -0.39 is 12.1 Å². The van der Waals surface area contributed by atoms with Crippen molar-refractivity contribution in [3.8, 4) is 16.9 Å². The zero-order valence-electron chi connectivity index (χ0n) is 20.1. The number of aromatic carboxylic acids is 1. The monoisotopic (exact) mass is 481 g/mol. The van der Waals surface area contributed by atoms with E-state index in [0.717, 1.165) is 39.1 Å². The van der Waals surface area contributed by atoms with Gasteiger partial charge in [0.1, 0.15) is 12.4 Å². The molecule has 0 fully saturated rings. The molecule has 0 bridgehead atoms. The minimum Gasteiger partial charge on any atom is -0.492 e. The van der Waals surface area contributed by atoms with Gasteiger partial charge in [0.15, 0.2) is 0 Å². The molecule has 0 radical (unpaired) electrons. The summed E-state index contributed by atoms with van der Waals surface area (Å²) in [7, 11) is 0. The van der Waals surface area contributed by atoms with Gasteiger partial charge in [-0.25, -0.2) is 4.79 Å². The second-order valence-corrected chi connectivity index (χ2v) is 9.26. The highest BCUT2D eigenvalue weighted by Crippen LogP contribution is 2.32. The number of hydrogen-bond acceptors (Lipinski definition) is 4. The Morgan fingerprint density at radius 3 is 2.35 bits per heavy atom. The number of nitrogens with one attached hydrogen (secondary N) is 1. The van der Waals surface area contributed by atoms with Crippen molar-refractivity contribution in [2.45, 2.75) is 39.7 Å². The first-order valence-corrected chi connectivity index (χ1v) is 11.8. The molecule has 3 aromatic rings. The van der Waals surface area contributed by atoms with Crippen LogP contribution in [0.4, 0.5) is 0 Å².